The van der Waals surface area contributed by atoms with E-state index in [4.69, 9.17) is 0 Å². The van der Waals surface area contributed by atoms with Crippen LogP contribution in [0.3, 0.4) is 0 Å². The first-order valence-electron chi connectivity index (χ1n) is 11.7. The number of anilines is 1. The Morgan fingerprint density at radius 3 is 1.88 bits per heavy atom. The van der Waals surface area contributed by atoms with Gasteiger partial charge < -0.3 is 0 Å². The van der Waals surface area contributed by atoms with Crippen LogP contribution in [0.25, 0.3) is 0 Å². The molecule has 3 aromatic rings. The first-order valence-corrected chi connectivity index (χ1v) is 11.7. The van der Waals surface area contributed by atoms with E-state index in [0.29, 0.717) is 23.1 Å². The Kier molecular flexibility index (Phi) is 6.47. The van der Waals surface area contributed by atoms with Gasteiger partial charge in [-0.05, 0) is 47.6 Å². The summed E-state index contributed by atoms with van der Waals surface area (Å²) in [5.41, 5.74) is 4.75. The topological polar surface area (TPSA) is 67.3 Å². The summed E-state index contributed by atoms with van der Waals surface area (Å²) in [6, 6.07) is 18.0. The van der Waals surface area contributed by atoms with E-state index in [0.717, 1.165) is 22.4 Å². The van der Waals surface area contributed by atoms with E-state index in [1.165, 1.54) is 4.90 Å². The molecule has 0 spiro atoms. The van der Waals surface area contributed by atoms with Crippen molar-refractivity contribution >= 4 is 23.2 Å². The van der Waals surface area contributed by atoms with Gasteiger partial charge in [-0.3, -0.25) is 24.3 Å². The summed E-state index contributed by atoms with van der Waals surface area (Å²) >= 11 is 0. The van der Waals surface area contributed by atoms with E-state index in [1.807, 2.05) is 43.3 Å². The number of carbonyl (C=O) groups excluding carboxylic acids is 3. The van der Waals surface area contributed by atoms with Crippen molar-refractivity contribution in [2.45, 2.75) is 52.5 Å². The lowest BCUT2D eigenvalue weighted by molar-refractivity contribution is -0.135. The minimum Gasteiger partial charge on any atom is -0.296 e. The zero-order valence-corrected chi connectivity index (χ0v) is 20.3. The second kappa shape index (κ2) is 9.34. The molecule has 2 aromatic carbocycles. The van der Waals surface area contributed by atoms with Crippen LogP contribution in [-0.4, -0.2) is 22.5 Å². The highest BCUT2D eigenvalue weighted by Crippen LogP contribution is 2.41. The van der Waals surface area contributed by atoms with Crippen molar-refractivity contribution in [1.29, 1.82) is 0 Å². The summed E-state index contributed by atoms with van der Waals surface area (Å²) in [4.78, 5) is 45.9. The number of aryl methyl sites for hydroxylation is 1. The monoisotopic (exact) mass is 454 g/mol. The number of ketones is 2. The Balaban J connectivity index is 1.81. The minimum absolute atomic E-state index is 0.329. The standard InChI is InChI=1S/C29H30N2O3/c1-17(2)20-7-11-22(12-8-20)26-25(27(32)23-13-9-21(10-14-23)18(3)4)28(33)29(34)31(26)24-15-6-19(5)30-16-24/h6-18,25-26H,1-5H3. The number of pyridine rings is 1. The highest BCUT2D eigenvalue weighted by Gasteiger charge is 2.52. The number of amides is 1. The number of aromatic nitrogens is 1. The summed E-state index contributed by atoms with van der Waals surface area (Å²) in [6.45, 7) is 10.2. The van der Waals surface area contributed by atoms with Gasteiger partial charge in [0.2, 0.25) is 5.78 Å². The van der Waals surface area contributed by atoms with Crippen LogP contribution in [-0.2, 0) is 9.59 Å². The summed E-state index contributed by atoms with van der Waals surface area (Å²) < 4.78 is 0. The predicted molar refractivity (Wildman–Crippen MR) is 133 cm³/mol. The molecule has 1 aliphatic heterocycles. The Morgan fingerprint density at radius 1 is 0.824 bits per heavy atom. The average molecular weight is 455 g/mol. The van der Waals surface area contributed by atoms with E-state index < -0.39 is 23.7 Å². The number of benzene rings is 2. The number of hydrogen-bond acceptors (Lipinski definition) is 4. The summed E-state index contributed by atoms with van der Waals surface area (Å²) in [5.74, 6) is -2.15. The maximum atomic E-state index is 13.7. The second-order valence-electron chi connectivity index (χ2n) is 9.58. The zero-order chi connectivity index (χ0) is 24.6. The highest BCUT2D eigenvalue weighted by molar-refractivity contribution is 6.49. The van der Waals surface area contributed by atoms with Gasteiger partial charge in [-0.25, -0.2) is 0 Å². The molecular weight excluding hydrogens is 424 g/mol. The van der Waals surface area contributed by atoms with Crippen molar-refractivity contribution in [3.05, 3.63) is 94.8 Å². The smallest absolute Gasteiger partial charge is 0.295 e. The molecule has 0 saturated carbocycles. The average Bonchev–Trinajstić information content (AvgIpc) is 3.09. The van der Waals surface area contributed by atoms with Crippen LogP contribution in [0.5, 0.6) is 0 Å². The summed E-state index contributed by atoms with van der Waals surface area (Å²) in [5, 5.41) is 0. The molecule has 0 radical (unpaired) electrons. The van der Waals surface area contributed by atoms with Gasteiger partial charge in [-0.2, -0.15) is 0 Å². The van der Waals surface area contributed by atoms with Crippen molar-refractivity contribution in [3.63, 3.8) is 0 Å². The van der Waals surface area contributed by atoms with Crippen molar-refractivity contribution in [2.75, 3.05) is 4.90 Å². The van der Waals surface area contributed by atoms with Crippen LogP contribution in [0.1, 0.15) is 78.3 Å². The van der Waals surface area contributed by atoms with Gasteiger partial charge in [0.05, 0.1) is 17.9 Å². The van der Waals surface area contributed by atoms with Gasteiger partial charge >= 0.3 is 0 Å². The minimum atomic E-state index is -1.12. The Morgan fingerprint density at radius 2 is 1.38 bits per heavy atom. The van der Waals surface area contributed by atoms with Crippen LogP contribution in [0.4, 0.5) is 5.69 Å². The first-order chi connectivity index (χ1) is 16.2. The van der Waals surface area contributed by atoms with E-state index in [1.54, 1.807) is 30.5 Å². The lowest BCUT2D eigenvalue weighted by Gasteiger charge is -2.27. The number of hydrogen-bond donors (Lipinski definition) is 0. The molecule has 0 N–H and O–H groups in total. The quantitative estimate of drug-likeness (QED) is 0.268. The van der Waals surface area contributed by atoms with E-state index in [2.05, 4.69) is 32.7 Å². The molecule has 0 aliphatic carbocycles. The zero-order valence-electron chi connectivity index (χ0n) is 20.3. The lowest BCUT2D eigenvalue weighted by atomic mass is 9.85. The third kappa shape index (κ3) is 4.30. The van der Waals surface area contributed by atoms with Crippen LogP contribution < -0.4 is 4.90 Å². The van der Waals surface area contributed by atoms with Crippen molar-refractivity contribution in [1.82, 2.24) is 4.98 Å². The van der Waals surface area contributed by atoms with Crippen molar-refractivity contribution in [3.8, 4) is 0 Å². The Bertz CT molecular complexity index is 1210. The fourth-order valence-corrected chi connectivity index (χ4v) is 4.44. The largest absolute Gasteiger partial charge is 0.296 e. The molecule has 34 heavy (non-hydrogen) atoms. The molecule has 1 aromatic heterocycles. The molecule has 1 aliphatic rings. The van der Waals surface area contributed by atoms with Crippen molar-refractivity contribution in [2.24, 2.45) is 5.92 Å². The summed E-state index contributed by atoms with van der Waals surface area (Å²) in [6.07, 6.45) is 1.58. The molecule has 2 heterocycles. The van der Waals surface area contributed by atoms with Gasteiger partial charge in [0.1, 0.15) is 5.92 Å². The van der Waals surface area contributed by atoms with Gasteiger partial charge in [0.15, 0.2) is 5.78 Å². The Hall–Kier alpha value is -3.60. The predicted octanol–water partition coefficient (Wildman–Crippen LogP) is 5.79. The molecule has 174 valence electrons. The van der Waals surface area contributed by atoms with Crippen LogP contribution >= 0.6 is 0 Å². The summed E-state index contributed by atoms with van der Waals surface area (Å²) in [7, 11) is 0. The number of Topliss-reactive ketones (excluding diaryl/α,β-unsaturated/α-hetero) is 2. The van der Waals surface area contributed by atoms with Gasteiger partial charge in [0.25, 0.3) is 5.91 Å². The fourth-order valence-electron chi connectivity index (χ4n) is 4.44. The van der Waals surface area contributed by atoms with Gasteiger partial charge in [-0.15, -0.1) is 0 Å². The third-order valence-corrected chi connectivity index (χ3v) is 6.57. The lowest BCUT2D eigenvalue weighted by Crippen LogP contribution is -2.30. The van der Waals surface area contributed by atoms with E-state index in [9.17, 15) is 14.4 Å². The molecule has 2 atom stereocenters. The van der Waals surface area contributed by atoms with Crippen LogP contribution in [0, 0.1) is 12.8 Å². The normalized spacial score (nSPS) is 18.3. The molecule has 4 rings (SSSR count). The molecule has 1 saturated heterocycles. The SMILES string of the molecule is Cc1ccc(N2C(=O)C(=O)C(C(=O)c3ccc(C(C)C)cc3)C2c2ccc(C(C)C)cc2)cn1. The van der Waals surface area contributed by atoms with Gasteiger partial charge in [0, 0.05) is 11.3 Å². The van der Waals surface area contributed by atoms with E-state index >= 15 is 0 Å². The molecule has 5 heteroatoms. The molecule has 1 fully saturated rings. The maximum absolute atomic E-state index is 13.7. The van der Waals surface area contributed by atoms with Crippen LogP contribution in [0.15, 0.2) is 66.9 Å². The second-order valence-corrected chi connectivity index (χ2v) is 9.58. The third-order valence-electron chi connectivity index (χ3n) is 6.57. The molecular formula is C29H30N2O3. The molecule has 2 unspecified atom stereocenters. The number of carbonyl (C=O) groups is 3. The molecule has 5 nitrogen and oxygen atoms in total. The Labute approximate surface area is 200 Å². The number of nitrogens with zero attached hydrogens (tertiary/aromatic N) is 2. The number of rotatable bonds is 6. The van der Waals surface area contributed by atoms with E-state index in [-0.39, 0.29) is 5.78 Å². The molecule has 0 bridgehead atoms. The highest BCUT2D eigenvalue weighted by atomic mass is 16.2. The first kappa shape index (κ1) is 23.6. The maximum Gasteiger partial charge on any atom is 0.295 e. The van der Waals surface area contributed by atoms with Crippen LogP contribution in [0.2, 0.25) is 0 Å². The van der Waals surface area contributed by atoms with Gasteiger partial charge in [-0.1, -0.05) is 76.2 Å². The van der Waals surface area contributed by atoms with Crippen molar-refractivity contribution < 1.29 is 14.4 Å². The fraction of sp³-hybridized carbons (Fsp3) is 0.310. The molecule has 1 amide bonds.